The number of nitrogens with zero attached hydrogens (tertiary/aromatic N) is 3. The third-order valence-electron chi connectivity index (χ3n) is 3.02. The lowest BCUT2D eigenvalue weighted by atomic mass is 10.1. The summed E-state index contributed by atoms with van der Waals surface area (Å²) >= 11 is 11.5. The van der Waals surface area contributed by atoms with Crippen molar-refractivity contribution in [2.45, 2.75) is 25.3 Å². The van der Waals surface area contributed by atoms with Crippen LogP contribution in [0.1, 0.15) is 19.3 Å². The Morgan fingerprint density at radius 3 is 2.76 bits per heavy atom. The highest BCUT2D eigenvalue weighted by Crippen LogP contribution is 2.28. The summed E-state index contributed by atoms with van der Waals surface area (Å²) in [4.78, 5) is 18.5. The summed E-state index contributed by atoms with van der Waals surface area (Å²) in [6.45, 7) is 0.114. The van der Waals surface area contributed by atoms with Crippen molar-refractivity contribution in [2.75, 3.05) is 11.3 Å². The van der Waals surface area contributed by atoms with E-state index in [0.29, 0.717) is 12.8 Å². The number of halogens is 2. The van der Waals surface area contributed by atoms with Gasteiger partial charge in [-0.3, -0.25) is 9.52 Å². The zero-order valence-electron chi connectivity index (χ0n) is 10.7. The number of carbonyl (C=O) groups is 1. The third kappa shape index (κ3) is 3.54. The molecule has 0 aliphatic carbocycles. The Bertz CT molecular complexity index is 654. The normalized spacial score (nSPS) is 20.2. The zero-order valence-corrected chi connectivity index (χ0v) is 13.0. The minimum atomic E-state index is -4.10. The molecule has 21 heavy (non-hydrogen) atoms. The second-order valence-electron chi connectivity index (χ2n) is 4.39. The number of anilines is 1. The van der Waals surface area contributed by atoms with Gasteiger partial charge in [-0.05, 0) is 19.3 Å². The summed E-state index contributed by atoms with van der Waals surface area (Å²) in [5.74, 6) is -1.38. The van der Waals surface area contributed by atoms with Gasteiger partial charge in [0, 0.05) is 6.54 Å². The topological polar surface area (TPSA) is 112 Å². The average Bonchev–Trinajstić information content (AvgIpc) is 2.44. The maximum absolute atomic E-state index is 12.3. The van der Waals surface area contributed by atoms with Crippen LogP contribution >= 0.6 is 23.2 Å². The van der Waals surface area contributed by atoms with E-state index in [-0.39, 0.29) is 29.0 Å². The van der Waals surface area contributed by atoms with E-state index in [1.807, 2.05) is 0 Å². The van der Waals surface area contributed by atoms with Crippen molar-refractivity contribution >= 4 is 45.2 Å². The average molecular weight is 355 g/mol. The van der Waals surface area contributed by atoms with Crippen molar-refractivity contribution < 1.29 is 18.3 Å². The van der Waals surface area contributed by atoms with E-state index in [9.17, 15) is 13.2 Å². The van der Waals surface area contributed by atoms with Gasteiger partial charge < -0.3 is 5.11 Å². The number of rotatable bonds is 4. The van der Waals surface area contributed by atoms with E-state index in [1.54, 1.807) is 0 Å². The summed E-state index contributed by atoms with van der Waals surface area (Å²) in [5, 5.41) is 8.88. The molecule has 116 valence electrons. The molecule has 0 saturated carbocycles. The van der Waals surface area contributed by atoms with Crippen LogP contribution < -0.4 is 4.72 Å². The molecular weight excluding hydrogens is 343 g/mol. The van der Waals surface area contributed by atoms with Crippen molar-refractivity contribution in [1.29, 1.82) is 0 Å². The molecule has 1 fully saturated rings. The van der Waals surface area contributed by atoms with Crippen molar-refractivity contribution in [3.05, 3.63) is 16.5 Å². The van der Waals surface area contributed by atoms with Crippen LogP contribution in [0.5, 0.6) is 0 Å². The molecule has 1 aliphatic heterocycles. The van der Waals surface area contributed by atoms with Gasteiger partial charge in [-0.1, -0.05) is 23.2 Å². The molecule has 0 aromatic carbocycles. The molecule has 0 radical (unpaired) electrons. The summed E-state index contributed by atoms with van der Waals surface area (Å²) in [6, 6.07) is -1.10. The van der Waals surface area contributed by atoms with Crippen LogP contribution in [0.4, 0.5) is 5.82 Å². The predicted octanol–water partition coefficient (Wildman–Crippen LogP) is 1.38. The molecule has 0 bridgehead atoms. The van der Waals surface area contributed by atoms with Crippen LogP contribution in [-0.4, -0.2) is 46.4 Å². The summed E-state index contributed by atoms with van der Waals surface area (Å²) in [7, 11) is -4.10. The standard InChI is InChI=1S/C10H12Cl2N4O4S/c11-7-8(12)13-5-14-9(7)15-21(19,20)16-4-2-1-3-6(16)10(17)18/h5-6H,1-4H2,(H,17,18)(H,13,14,15). The number of carboxylic acids is 1. The number of aromatic nitrogens is 2. The molecule has 8 nitrogen and oxygen atoms in total. The molecule has 1 aliphatic rings. The first-order chi connectivity index (χ1) is 9.83. The molecule has 0 amide bonds. The van der Waals surface area contributed by atoms with E-state index in [0.717, 1.165) is 10.6 Å². The van der Waals surface area contributed by atoms with Crippen LogP contribution in [-0.2, 0) is 15.0 Å². The minimum Gasteiger partial charge on any atom is -0.480 e. The number of carboxylic acid groups (broad SMARTS) is 1. The Morgan fingerprint density at radius 2 is 2.10 bits per heavy atom. The van der Waals surface area contributed by atoms with Crippen molar-refractivity contribution in [1.82, 2.24) is 14.3 Å². The Hall–Kier alpha value is -1.16. The van der Waals surface area contributed by atoms with Crippen molar-refractivity contribution in [2.24, 2.45) is 0 Å². The lowest BCUT2D eigenvalue weighted by molar-refractivity contribution is -0.142. The highest BCUT2D eigenvalue weighted by atomic mass is 35.5. The molecule has 1 unspecified atom stereocenters. The number of hydrogen-bond acceptors (Lipinski definition) is 5. The Kier molecular flexibility index (Phi) is 4.87. The van der Waals surface area contributed by atoms with Gasteiger partial charge >= 0.3 is 16.2 Å². The zero-order chi connectivity index (χ0) is 15.6. The fourth-order valence-electron chi connectivity index (χ4n) is 2.04. The fraction of sp³-hybridized carbons (Fsp3) is 0.500. The molecular formula is C10H12Cl2N4O4S. The van der Waals surface area contributed by atoms with Gasteiger partial charge in [-0.25, -0.2) is 9.97 Å². The van der Waals surface area contributed by atoms with Crippen LogP contribution in [0.15, 0.2) is 6.33 Å². The highest BCUT2D eigenvalue weighted by molar-refractivity contribution is 7.90. The Balaban J connectivity index is 2.28. The fourth-order valence-corrected chi connectivity index (χ4v) is 3.79. The summed E-state index contributed by atoms with van der Waals surface area (Å²) in [6.07, 6.45) is 2.55. The molecule has 2 rings (SSSR count). The Labute approximate surface area is 131 Å². The molecule has 11 heteroatoms. The number of aliphatic carboxylic acids is 1. The molecule has 1 aromatic rings. The SMILES string of the molecule is O=C(O)C1CCCCN1S(=O)(=O)Nc1ncnc(Cl)c1Cl. The smallest absolute Gasteiger partial charge is 0.322 e. The van der Waals surface area contributed by atoms with Crippen LogP contribution in [0, 0.1) is 0 Å². The largest absolute Gasteiger partial charge is 0.480 e. The van der Waals surface area contributed by atoms with Crippen molar-refractivity contribution in [3.63, 3.8) is 0 Å². The maximum Gasteiger partial charge on any atom is 0.322 e. The van der Waals surface area contributed by atoms with E-state index in [2.05, 4.69) is 14.7 Å². The van der Waals surface area contributed by atoms with Gasteiger partial charge in [0.25, 0.3) is 0 Å². The lowest BCUT2D eigenvalue weighted by Crippen LogP contribution is -2.50. The molecule has 0 spiro atoms. The first-order valence-corrected chi connectivity index (χ1v) is 8.21. The third-order valence-corrected chi connectivity index (χ3v) is 5.27. The van der Waals surface area contributed by atoms with Gasteiger partial charge in [0.05, 0.1) is 0 Å². The lowest BCUT2D eigenvalue weighted by Gasteiger charge is -2.31. The second-order valence-corrected chi connectivity index (χ2v) is 6.75. The van der Waals surface area contributed by atoms with E-state index >= 15 is 0 Å². The summed E-state index contributed by atoms with van der Waals surface area (Å²) < 4.78 is 27.7. The number of nitrogens with one attached hydrogen (secondary N) is 1. The molecule has 1 saturated heterocycles. The molecule has 2 heterocycles. The van der Waals surface area contributed by atoms with E-state index < -0.39 is 22.2 Å². The van der Waals surface area contributed by atoms with Gasteiger partial charge in [0.2, 0.25) is 0 Å². The first-order valence-electron chi connectivity index (χ1n) is 6.01. The van der Waals surface area contributed by atoms with Gasteiger partial charge in [0.1, 0.15) is 17.4 Å². The predicted molar refractivity (Wildman–Crippen MR) is 76.6 cm³/mol. The number of hydrogen-bond donors (Lipinski definition) is 2. The van der Waals surface area contributed by atoms with E-state index in [1.165, 1.54) is 0 Å². The Morgan fingerprint density at radius 1 is 1.38 bits per heavy atom. The summed E-state index contributed by atoms with van der Waals surface area (Å²) in [5.41, 5.74) is 0. The van der Waals surface area contributed by atoms with Gasteiger partial charge in [-0.15, -0.1) is 0 Å². The highest BCUT2D eigenvalue weighted by Gasteiger charge is 2.37. The quantitative estimate of drug-likeness (QED) is 0.789. The minimum absolute atomic E-state index is 0.0993. The van der Waals surface area contributed by atoms with Crippen LogP contribution in [0.3, 0.4) is 0 Å². The molecule has 2 N–H and O–H groups in total. The monoisotopic (exact) mass is 354 g/mol. The van der Waals surface area contributed by atoms with Gasteiger partial charge in [0.15, 0.2) is 11.0 Å². The number of piperidine rings is 1. The van der Waals surface area contributed by atoms with E-state index in [4.69, 9.17) is 28.3 Å². The van der Waals surface area contributed by atoms with Crippen LogP contribution in [0.2, 0.25) is 10.2 Å². The van der Waals surface area contributed by atoms with Crippen LogP contribution in [0.25, 0.3) is 0 Å². The second kappa shape index (κ2) is 6.30. The molecule has 1 aromatic heterocycles. The van der Waals surface area contributed by atoms with Crippen molar-refractivity contribution in [3.8, 4) is 0 Å². The maximum atomic E-state index is 12.3. The first kappa shape index (κ1) is 16.2. The molecule has 1 atom stereocenters. The van der Waals surface area contributed by atoms with Gasteiger partial charge in [-0.2, -0.15) is 12.7 Å².